The third-order valence-electron chi connectivity index (χ3n) is 2.95. The van der Waals surface area contributed by atoms with E-state index in [0.29, 0.717) is 12.5 Å². The summed E-state index contributed by atoms with van der Waals surface area (Å²) < 4.78 is 1.79. The number of nitrogens with one attached hydrogen (secondary N) is 1. The van der Waals surface area contributed by atoms with Gasteiger partial charge in [0, 0.05) is 18.9 Å². The van der Waals surface area contributed by atoms with Crippen LogP contribution in [0.4, 0.5) is 0 Å². The van der Waals surface area contributed by atoms with E-state index in [1.807, 2.05) is 18.5 Å². The molecular weight excluding hydrogens is 216 g/mol. The molecule has 1 aliphatic carbocycles. The van der Waals surface area contributed by atoms with E-state index >= 15 is 0 Å². The van der Waals surface area contributed by atoms with Crippen LogP contribution in [-0.2, 0) is 11.3 Å². The first-order chi connectivity index (χ1) is 8.20. The lowest BCUT2D eigenvalue weighted by molar-refractivity contribution is -0.121. The van der Waals surface area contributed by atoms with E-state index in [0.717, 1.165) is 18.4 Å². The molecule has 1 aromatic heterocycles. The molecule has 1 aliphatic rings. The molecule has 0 aromatic carbocycles. The summed E-state index contributed by atoms with van der Waals surface area (Å²) in [5.74, 6) is 0.369. The molecule has 1 heterocycles. The number of hydrogen-bond donors (Lipinski definition) is 2. The molecule has 1 unspecified atom stereocenters. The fourth-order valence-electron chi connectivity index (χ4n) is 1.82. The maximum Gasteiger partial charge on any atom is 0.240 e. The summed E-state index contributed by atoms with van der Waals surface area (Å²) in [5.41, 5.74) is 0.907. The summed E-state index contributed by atoms with van der Waals surface area (Å²) in [6.07, 6.45) is 7.16. The summed E-state index contributed by atoms with van der Waals surface area (Å²) >= 11 is 0. The minimum Gasteiger partial charge on any atom is -0.388 e. The van der Waals surface area contributed by atoms with Crippen molar-refractivity contribution >= 4 is 5.91 Å². The quantitative estimate of drug-likeness (QED) is 0.727. The Morgan fingerprint density at radius 1 is 1.71 bits per heavy atom. The molecule has 0 radical (unpaired) electrons. The molecular formula is C13H18N2O2. The Morgan fingerprint density at radius 2 is 2.47 bits per heavy atom. The zero-order valence-corrected chi connectivity index (χ0v) is 9.80. The molecule has 4 heteroatoms. The van der Waals surface area contributed by atoms with Crippen molar-refractivity contribution in [3.8, 4) is 0 Å². The standard InChI is InChI=1S/C13H18N2O2/c1-2-6-14-12(16)9-15-7-5-11(8-15)13(17)10-3-4-10/h2,5,7-8,10,13,17H,1,3-4,6,9H2,(H,14,16). The van der Waals surface area contributed by atoms with Crippen molar-refractivity contribution < 1.29 is 9.90 Å². The van der Waals surface area contributed by atoms with Gasteiger partial charge in [-0.15, -0.1) is 6.58 Å². The highest BCUT2D eigenvalue weighted by Gasteiger charge is 2.31. The number of rotatable bonds is 6. The van der Waals surface area contributed by atoms with Crippen molar-refractivity contribution in [1.29, 1.82) is 0 Å². The third kappa shape index (κ3) is 3.20. The summed E-state index contributed by atoms with van der Waals surface area (Å²) in [4.78, 5) is 11.5. The van der Waals surface area contributed by atoms with Gasteiger partial charge in [-0.2, -0.15) is 0 Å². The zero-order chi connectivity index (χ0) is 12.3. The summed E-state index contributed by atoms with van der Waals surface area (Å²) in [5, 5.41) is 12.6. The molecule has 0 bridgehead atoms. The molecule has 0 saturated heterocycles. The van der Waals surface area contributed by atoms with Crippen LogP contribution in [0.2, 0.25) is 0 Å². The summed E-state index contributed by atoms with van der Waals surface area (Å²) in [7, 11) is 0. The number of aliphatic hydroxyl groups is 1. The van der Waals surface area contributed by atoms with E-state index in [-0.39, 0.29) is 18.6 Å². The Morgan fingerprint density at radius 3 is 3.12 bits per heavy atom. The van der Waals surface area contributed by atoms with Gasteiger partial charge in [0.1, 0.15) is 6.54 Å². The second-order valence-electron chi connectivity index (χ2n) is 4.49. The molecule has 0 spiro atoms. The molecule has 1 fully saturated rings. The second kappa shape index (κ2) is 5.19. The van der Waals surface area contributed by atoms with Crippen molar-refractivity contribution in [1.82, 2.24) is 9.88 Å². The van der Waals surface area contributed by atoms with Crippen LogP contribution in [0.5, 0.6) is 0 Å². The number of aromatic nitrogens is 1. The molecule has 1 amide bonds. The number of nitrogens with zero attached hydrogens (tertiary/aromatic N) is 1. The SMILES string of the molecule is C=CCNC(=O)Cn1ccc(C(O)C2CC2)c1. The predicted octanol–water partition coefficient (Wildman–Crippen LogP) is 1.23. The first-order valence-electron chi connectivity index (χ1n) is 5.92. The summed E-state index contributed by atoms with van der Waals surface area (Å²) in [6.45, 7) is 4.31. The average Bonchev–Trinajstić information content (AvgIpc) is 3.06. The first kappa shape index (κ1) is 11.9. The van der Waals surface area contributed by atoms with Gasteiger partial charge in [0.15, 0.2) is 0 Å². The van der Waals surface area contributed by atoms with Gasteiger partial charge in [-0.3, -0.25) is 4.79 Å². The third-order valence-corrected chi connectivity index (χ3v) is 2.95. The molecule has 1 aromatic rings. The van der Waals surface area contributed by atoms with Gasteiger partial charge in [-0.1, -0.05) is 6.08 Å². The largest absolute Gasteiger partial charge is 0.388 e. The number of hydrogen-bond acceptors (Lipinski definition) is 2. The fraction of sp³-hybridized carbons (Fsp3) is 0.462. The normalized spacial score (nSPS) is 16.5. The van der Waals surface area contributed by atoms with Crippen LogP contribution in [0.3, 0.4) is 0 Å². The van der Waals surface area contributed by atoms with E-state index in [4.69, 9.17) is 0 Å². The molecule has 92 valence electrons. The van der Waals surface area contributed by atoms with Gasteiger partial charge in [-0.05, 0) is 30.4 Å². The van der Waals surface area contributed by atoms with Crippen LogP contribution < -0.4 is 5.32 Å². The van der Waals surface area contributed by atoms with Gasteiger partial charge in [0.2, 0.25) is 5.91 Å². The van der Waals surface area contributed by atoms with Gasteiger partial charge < -0.3 is 15.0 Å². The van der Waals surface area contributed by atoms with Gasteiger partial charge in [-0.25, -0.2) is 0 Å². The van der Waals surface area contributed by atoms with Crippen molar-refractivity contribution in [3.63, 3.8) is 0 Å². The first-order valence-corrected chi connectivity index (χ1v) is 5.92. The van der Waals surface area contributed by atoms with Crippen molar-refractivity contribution in [2.45, 2.75) is 25.5 Å². The number of carbonyl (C=O) groups is 1. The molecule has 1 saturated carbocycles. The van der Waals surface area contributed by atoms with Crippen molar-refractivity contribution in [2.24, 2.45) is 5.92 Å². The molecule has 1 atom stereocenters. The molecule has 4 nitrogen and oxygen atoms in total. The van der Waals surface area contributed by atoms with E-state index < -0.39 is 0 Å². The highest BCUT2D eigenvalue weighted by molar-refractivity contribution is 5.75. The Kier molecular flexibility index (Phi) is 3.64. The van der Waals surface area contributed by atoms with Crippen LogP contribution >= 0.6 is 0 Å². The van der Waals surface area contributed by atoms with Crippen LogP contribution in [0, 0.1) is 5.92 Å². The molecule has 17 heavy (non-hydrogen) atoms. The monoisotopic (exact) mass is 234 g/mol. The molecule has 2 N–H and O–H groups in total. The van der Waals surface area contributed by atoms with Crippen LogP contribution in [0.15, 0.2) is 31.1 Å². The fourth-order valence-corrected chi connectivity index (χ4v) is 1.82. The highest BCUT2D eigenvalue weighted by atomic mass is 16.3. The number of amides is 1. The molecule has 2 rings (SSSR count). The van der Waals surface area contributed by atoms with Gasteiger partial charge in [0.25, 0.3) is 0 Å². The Hall–Kier alpha value is -1.55. The van der Waals surface area contributed by atoms with Crippen molar-refractivity contribution in [3.05, 3.63) is 36.7 Å². The van der Waals surface area contributed by atoms with Crippen LogP contribution in [-0.4, -0.2) is 22.1 Å². The van der Waals surface area contributed by atoms with Crippen molar-refractivity contribution in [2.75, 3.05) is 6.54 Å². The number of carbonyl (C=O) groups excluding carboxylic acids is 1. The lowest BCUT2D eigenvalue weighted by atomic mass is 10.1. The maximum absolute atomic E-state index is 11.5. The Balaban J connectivity index is 1.88. The van der Waals surface area contributed by atoms with Crippen LogP contribution in [0.25, 0.3) is 0 Å². The van der Waals surface area contributed by atoms with E-state index in [1.54, 1.807) is 10.6 Å². The van der Waals surface area contributed by atoms with Gasteiger partial charge >= 0.3 is 0 Å². The minimum absolute atomic E-state index is 0.0482. The Bertz CT molecular complexity index is 407. The summed E-state index contributed by atoms with van der Waals surface area (Å²) in [6, 6.07) is 1.88. The maximum atomic E-state index is 11.5. The van der Waals surface area contributed by atoms with Crippen LogP contribution in [0.1, 0.15) is 24.5 Å². The van der Waals surface area contributed by atoms with Gasteiger partial charge in [0.05, 0.1) is 6.10 Å². The second-order valence-corrected chi connectivity index (χ2v) is 4.49. The van der Waals surface area contributed by atoms with E-state index in [2.05, 4.69) is 11.9 Å². The van der Waals surface area contributed by atoms with E-state index in [9.17, 15) is 9.90 Å². The highest BCUT2D eigenvalue weighted by Crippen LogP contribution is 2.40. The molecule has 0 aliphatic heterocycles. The number of aliphatic hydroxyl groups excluding tert-OH is 1. The smallest absolute Gasteiger partial charge is 0.240 e. The zero-order valence-electron chi connectivity index (χ0n) is 9.80. The average molecular weight is 234 g/mol. The topological polar surface area (TPSA) is 54.3 Å². The minimum atomic E-state index is -0.368. The predicted molar refractivity (Wildman–Crippen MR) is 65.3 cm³/mol. The lowest BCUT2D eigenvalue weighted by Gasteiger charge is -2.06. The lowest BCUT2D eigenvalue weighted by Crippen LogP contribution is -2.27. The Labute approximate surface area is 101 Å². The van der Waals surface area contributed by atoms with E-state index in [1.165, 1.54) is 0 Å².